The van der Waals surface area contributed by atoms with Crippen molar-refractivity contribution in [3.05, 3.63) is 70.7 Å². The van der Waals surface area contributed by atoms with E-state index in [-0.39, 0.29) is 10.8 Å². The summed E-state index contributed by atoms with van der Waals surface area (Å²) in [6, 6.07) is 13.6. The second kappa shape index (κ2) is 8.24. The van der Waals surface area contributed by atoms with Gasteiger partial charge in [-0.05, 0) is 48.9 Å². The van der Waals surface area contributed by atoms with Gasteiger partial charge in [-0.25, -0.2) is 13.4 Å². The molecule has 1 N–H and O–H groups in total. The lowest BCUT2D eigenvalue weighted by atomic mass is 9.99. The van der Waals surface area contributed by atoms with Gasteiger partial charge in [-0.1, -0.05) is 23.7 Å². The van der Waals surface area contributed by atoms with Gasteiger partial charge in [0.1, 0.15) is 4.75 Å². The average molecular weight is 453 g/mol. The molecule has 1 aromatic heterocycles. The zero-order valence-corrected chi connectivity index (χ0v) is 18.3. The Morgan fingerprint density at radius 1 is 1.14 bits per heavy atom. The molecule has 28 heavy (non-hydrogen) atoms. The summed E-state index contributed by atoms with van der Waals surface area (Å²) in [6.07, 6.45) is 2.77. The Labute approximate surface area is 177 Å². The number of rotatable bonds is 6. The molecule has 9 heteroatoms. The second-order valence-corrected chi connectivity index (χ2v) is 11.0. The van der Waals surface area contributed by atoms with Crippen LogP contribution in [0.5, 0.6) is 0 Å². The van der Waals surface area contributed by atoms with Crippen LogP contribution < -0.4 is 5.32 Å². The number of nitrogens with one attached hydrogen (secondary N) is 1. The summed E-state index contributed by atoms with van der Waals surface area (Å²) in [5, 5.41) is 5.73. The van der Waals surface area contributed by atoms with Crippen molar-refractivity contribution in [1.82, 2.24) is 4.98 Å². The Balaban J connectivity index is 1.99. The van der Waals surface area contributed by atoms with Gasteiger partial charge in [-0.15, -0.1) is 23.1 Å². The molecule has 0 saturated heterocycles. The minimum Gasteiger partial charge on any atom is -0.300 e. The maximum absolute atomic E-state index is 13.2. The minimum absolute atomic E-state index is 0.204. The Kier molecular flexibility index (Phi) is 6.14. The van der Waals surface area contributed by atoms with Crippen LogP contribution in [0.1, 0.15) is 12.5 Å². The number of sulfone groups is 1. The molecule has 1 amide bonds. The van der Waals surface area contributed by atoms with E-state index in [1.165, 1.54) is 35.2 Å². The van der Waals surface area contributed by atoms with Gasteiger partial charge >= 0.3 is 0 Å². The molecule has 1 atom stereocenters. The first-order valence-corrected chi connectivity index (χ1v) is 12.1. The number of amides is 1. The lowest BCUT2D eigenvalue weighted by molar-refractivity contribution is -0.118. The molecule has 0 aliphatic heterocycles. The van der Waals surface area contributed by atoms with E-state index in [0.717, 1.165) is 11.2 Å². The standard InChI is InChI=1S/C19H17ClN2O3S3/c1-19(17(23)22-18-21-11-12-26-18,27-15-7-5-14(20)6-8-15)13-3-9-16(10-4-13)28(2,24)25/h3-12H,1-2H3,(H,21,22,23). The van der Waals surface area contributed by atoms with E-state index in [2.05, 4.69) is 10.3 Å². The highest BCUT2D eigenvalue weighted by atomic mass is 35.5. The number of carbonyl (C=O) groups excluding carboxylic acids is 1. The van der Waals surface area contributed by atoms with E-state index < -0.39 is 14.6 Å². The molecule has 0 bridgehead atoms. The van der Waals surface area contributed by atoms with Gasteiger partial charge in [0.25, 0.3) is 0 Å². The number of benzene rings is 2. The predicted octanol–water partition coefficient (Wildman–Crippen LogP) is 4.85. The predicted molar refractivity (Wildman–Crippen MR) is 115 cm³/mol. The number of halogens is 1. The molecule has 0 aliphatic carbocycles. The molecule has 5 nitrogen and oxygen atoms in total. The summed E-state index contributed by atoms with van der Waals surface area (Å²) < 4.78 is 22.5. The first-order valence-electron chi connectivity index (χ1n) is 8.14. The van der Waals surface area contributed by atoms with Gasteiger partial charge in [0.2, 0.25) is 5.91 Å². The molecule has 0 saturated carbocycles. The van der Waals surface area contributed by atoms with Crippen molar-refractivity contribution in [1.29, 1.82) is 0 Å². The van der Waals surface area contributed by atoms with Crippen molar-refractivity contribution in [2.24, 2.45) is 0 Å². The molecule has 3 aromatic rings. The minimum atomic E-state index is -3.32. The fourth-order valence-electron chi connectivity index (χ4n) is 2.50. The van der Waals surface area contributed by atoms with Crippen LogP contribution >= 0.6 is 34.7 Å². The number of anilines is 1. The first-order chi connectivity index (χ1) is 13.2. The van der Waals surface area contributed by atoms with Crippen molar-refractivity contribution in [3.63, 3.8) is 0 Å². The summed E-state index contributed by atoms with van der Waals surface area (Å²) in [7, 11) is -3.32. The number of carbonyl (C=O) groups is 1. The molecular weight excluding hydrogens is 436 g/mol. The Hall–Kier alpha value is -1.87. The van der Waals surface area contributed by atoms with Crippen LogP contribution in [0.3, 0.4) is 0 Å². The first kappa shape index (κ1) is 20.9. The molecule has 3 rings (SSSR count). The molecular formula is C19H17ClN2O3S3. The normalized spacial score (nSPS) is 13.7. The van der Waals surface area contributed by atoms with E-state index in [9.17, 15) is 13.2 Å². The molecule has 2 aromatic carbocycles. The van der Waals surface area contributed by atoms with Crippen molar-refractivity contribution < 1.29 is 13.2 Å². The van der Waals surface area contributed by atoms with Gasteiger partial charge in [0.15, 0.2) is 15.0 Å². The number of thioether (sulfide) groups is 1. The molecule has 0 fully saturated rings. The van der Waals surface area contributed by atoms with Gasteiger partial charge in [-0.2, -0.15) is 0 Å². The summed E-state index contributed by atoms with van der Waals surface area (Å²) in [5.41, 5.74) is 0.675. The zero-order chi connectivity index (χ0) is 20.4. The smallest absolute Gasteiger partial charge is 0.246 e. The van der Waals surface area contributed by atoms with Crippen molar-refractivity contribution in [2.45, 2.75) is 21.5 Å². The quantitative estimate of drug-likeness (QED) is 0.541. The van der Waals surface area contributed by atoms with Crippen LogP contribution in [0.2, 0.25) is 5.02 Å². The third-order valence-electron chi connectivity index (χ3n) is 4.06. The van der Waals surface area contributed by atoms with E-state index in [4.69, 9.17) is 11.6 Å². The fraction of sp³-hybridized carbons (Fsp3) is 0.158. The number of hydrogen-bond acceptors (Lipinski definition) is 6. The van der Waals surface area contributed by atoms with E-state index >= 15 is 0 Å². The highest BCUT2D eigenvalue weighted by Crippen LogP contribution is 2.42. The Bertz CT molecular complexity index is 1070. The monoisotopic (exact) mass is 452 g/mol. The molecule has 0 aliphatic rings. The largest absolute Gasteiger partial charge is 0.300 e. The van der Waals surface area contributed by atoms with E-state index in [0.29, 0.717) is 15.7 Å². The van der Waals surface area contributed by atoms with Crippen LogP contribution in [0.15, 0.2) is 69.9 Å². The SMILES string of the molecule is CC(Sc1ccc(Cl)cc1)(C(=O)Nc1nccs1)c1ccc(S(C)(=O)=O)cc1. The summed E-state index contributed by atoms with van der Waals surface area (Å²) in [6.45, 7) is 1.80. The highest BCUT2D eigenvalue weighted by Gasteiger charge is 2.37. The highest BCUT2D eigenvalue weighted by molar-refractivity contribution is 8.01. The van der Waals surface area contributed by atoms with E-state index in [1.54, 1.807) is 42.8 Å². The number of hydrogen-bond donors (Lipinski definition) is 1. The average Bonchev–Trinajstić information content (AvgIpc) is 3.16. The number of aromatic nitrogens is 1. The summed E-state index contributed by atoms with van der Waals surface area (Å²) in [5.74, 6) is -0.255. The van der Waals surface area contributed by atoms with Crippen molar-refractivity contribution in [3.8, 4) is 0 Å². The fourth-order valence-corrected chi connectivity index (χ4v) is 4.92. The molecule has 146 valence electrons. The lowest BCUT2D eigenvalue weighted by Gasteiger charge is -2.28. The third kappa shape index (κ3) is 4.75. The summed E-state index contributed by atoms with van der Waals surface area (Å²) in [4.78, 5) is 18.3. The third-order valence-corrected chi connectivity index (χ3v) is 7.46. The molecule has 0 spiro atoms. The second-order valence-electron chi connectivity index (χ2n) is 6.18. The number of nitrogens with zero attached hydrogens (tertiary/aromatic N) is 1. The molecule has 1 heterocycles. The molecule has 0 radical (unpaired) electrons. The topological polar surface area (TPSA) is 76.1 Å². The van der Waals surface area contributed by atoms with Gasteiger partial charge in [0.05, 0.1) is 4.90 Å². The zero-order valence-electron chi connectivity index (χ0n) is 15.0. The maximum atomic E-state index is 13.2. The van der Waals surface area contributed by atoms with Crippen LogP contribution in [0.25, 0.3) is 0 Å². The Morgan fingerprint density at radius 2 is 1.79 bits per heavy atom. The van der Waals surface area contributed by atoms with Gasteiger partial charge in [-0.3, -0.25) is 4.79 Å². The maximum Gasteiger partial charge on any atom is 0.246 e. The van der Waals surface area contributed by atoms with Gasteiger partial charge < -0.3 is 5.32 Å². The van der Waals surface area contributed by atoms with Crippen molar-refractivity contribution in [2.75, 3.05) is 11.6 Å². The summed E-state index contributed by atoms with van der Waals surface area (Å²) >= 11 is 8.65. The van der Waals surface area contributed by atoms with E-state index in [1.807, 2.05) is 12.1 Å². The van der Waals surface area contributed by atoms with Crippen LogP contribution in [0.4, 0.5) is 5.13 Å². The van der Waals surface area contributed by atoms with Gasteiger partial charge in [0, 0.05) is 27.8 Å². The van der Waals surface area contributed by atoms with Crippen LogP contribution in [0, 0.1) is 0 Å². The number of thiazole rings is 1. The molecule has 1 unspecified atom stereocenters. The Morgan fingerprint density at radius 3 is 2.32 bits per heavy atom. The van der Waals surface area contributed by atoms with Crippen LogP contribution in [-0.2, 0) is 19.4 Å². The lowest BCUT2D eigenvalue weighted by Crippen LogP contribution is -2.34. The van der Waals surface area contributed by atoms with Crippen LogP contribution in [-0.4, -0.2) is 25.6 Å². The van der Waals surface area contributed by atoms with Crippen molar-refractivity contribution >= 4 is 55.6 Å².